The van der Waals surface area contributed by atoms with Crippen LogP contribution >= 0.6 is 46.4 Å². The highest BCUT2D eigenvalue weighted by atomic mass is 35.5. The van der Waals surface area contributed by atoms with Crippen LogP contribution in [0.3, 0.4) is 0 Å². The average Bonchev–Trinajstić information content (AvgIpc) is 2.35. The molecule has 0 atom stereocenters. The Kier molecular flexibility index (Phi) is 4.80. The lowest BCUT2D eigenvalue weighted by molar-refractivity contribution is 0.601. The maximum Gasteiger partial charge on any atom is 0.263 e. The van der Waals surface area contributed by atoms with Crippen molar-refractivity contribution in [1.82, 2.24) is 0 Å². The molecule has 4 nitrogen and oxygen atoms in total. The number of hydrogen-bond acceptors (Lipinski definition) is 3. The Bertz CT molecular complexity index is 809. The number of sulfonamides is 1. The van der Waals surface area contributed by atoms with Crippen LogP contribution in [-0.2, 0) is 10.0 Å². The Morgan fingerprint density at radius 1 is 0.857 bits per heavy atom. The highest BCUT2D eigenvalue weighted by Gasteiger charge is 2.20. The third kappa shape index (κ3) is 3.67. The quantitative estimate of drug-likeness (QED) is 0.594. The van der Waals surface area contributed by atoms with Gasteiger partial charge in [-0.25, -0.2) is 8.42 Å². The maximum atomic E-state index is 12.3. The minimum Gasteiger partial charge on any atom is -0.399 e. The van der Waals surface area contributed by atoms with Gasteiger partial charge in [0.1, 0.15) is 4.90 Å². The molecule has 0 bridgehead atoms. The minimum atomic E-state index is -3.94. The van der Waals surface area contributed by atoms with Crippen LogP contribution in [0, 0.1) is 0 Å². The molecule has 0 radical (unpaired) electrons. The summed E-state index contributed by atoms with van der Waals surface area (Å²) >= 11 is 23.5. The monoisotopic (exact) mass is 384 g/mol. The van der Waals surface area contributed by atoms with Gasteiger partial charge in [0.05, 0.1) is 25.8 Å². The Balaban J connectivity index is 2.45. The van der Waals surface area contributed by atoms with Crippen molar-refractivity contribution in [3.63, 3.8) is 0 Å². The summed E-state index contributed by atoms with van der Waals surface area (Å²) in [6.45, 7) is 0. The van der Waals surface area contributed by atoms with Crippen LogP contribution in [0.1, 0.15) is 0 Å². The van der Waals surface area contributed by atoms with Gasteiger partial charge in [-0.2, -0.15) is 0 Å². The van der Waals surface area contributed by atoms with Gasteiger partial charge in [-0.1, -0.05) is 46.4 Å². The number of nitrogens with two attached hydrogens (primary N) is 1. The molecule has 2 aromatic rings. The van der Waals surface area contributed by atoms with Crippen LogP contribution in [-0.4, -0.2) is 8.42 Å². The molecule has 0 saturated carbocycles. The Labute approximate surface area is 141 Å². The van der Waals surface area contributed by atoms with Crippen molar-refractivity contribution in [3.8, 4) is 0 Å². The molecule has 0 aliphatic carbocycles. The fraction of sp³-hybridized carbons (Fsp3) is 0. The van der Waals surface area contributed by atoms with E-state index in [1.165, 1.54) is 30.3 Å². The third-order valence-electron chi connectivity index (χ3n) is 2.50. The standard InChI is InChI=1S/C12H8Cl4N2O2S/c13-7-4-9(15)11(5-8(7)14)18-21(19,20)12-2-1-6(17)3-10(12)16/h1-5,18H,17H2. The zero-order chi connectivity index (χ0) is 15.8. The van der Waals surface area contributed by atoms with Gasteiger partial charge in [0.15, 0.2) is 0 Å². The topological polar surface area (TPSA) is 72.2 Å². The van der Waals surface area contributed by atoms with E-state index in [2.05, 4.69) is 4.72 Å². The number of nitrogens with one attached hydrogen (secondary N) is 1. The lowest BCUT2D eigenvalue weighted by Gasteiger charge is -2.12. The first-order valence-electron chi connectivity index (χ1n) is 5.43. The summed E-state index contributed by atoms with van der Waals surface area (Å²) in [7, 11) is -3.94. The van der Waals surface area contributed by atoms with Crippen LogP contribution in [0.25, 0.3) is 0 Å². The molecule has 0 heterocycles. The van der Waals surface area contributed by atoms with Gasteiger partial charge in [-0.3, -0.25) is 4.72 Å². The first-order valence-corrected chi connectivity index (χ1v) is 8.42. The van der Waals surface area contributed by atoms with Crippen LogP contribution < -0.4 is 10.5 Å². The van der Waals surface area contributed by atoms with Crippen molar-refractivity contribution >= 4 is 67.8 Å². The first-order chi connectivity index (χ1) is 9.70. The van der Waals surface area contributed by atoms with Gasteiger partial charge in [0.2, 0.25) is 0 Å². The molecule has 0 saturated heterocycles. The van der Waals surface area contributed by atoms with E-state index in [9.17, 15) is 8.42 Å². The summed E-state index contributed by atoms with van der Waals surface area (Å²) in [4.78, 5) is -0.125. The van der Waals surface area contributed by atoms with Gasteiger partial charge in [0, 0.05) is 5.69 Å². The molecule has 0 aromatic heterocycles. The van der Waals surface area contributed by atoms with Crippen molar-refractivity contribution in [1.29, 1.82) is 0 Å². The van der Waals surface area contributed by atoms with Gasteiger partial charge in [0.25, 0.3) is 10.0 Å². The fourth-order valence-electron chi connectivity index (χ4n) is 1.54. The summed E-state index contributed by atoms with van der Waals surface area (Å²) in [5.41, 5.74) is 5.98. The summed E-state index contributed by atoms with van der Waals surface area (Å²) in [6.07, 6.45) is 0. The maximum absolute atomic E-state index is 12.3. The molecule has 21 heavy (non-hydrogen) atoms. The molecule has 2 aromatic carbocycles. The molecular formula is C12H8Cl4N2O2S. The minimum absolute atomic E-state index is 0.00122. The molecule has 2 rings (SSSR count). The molecule has 0 aliphatic heterocycles. The van der Waals surface area contributed by atoms with Crippen molar-refractivity contribution in [2.45, 2.75) is 4.90 Å². The van der Waals surface area contributed by atoms with E-state index in [4.69, 9.17) is 52.1 Å². The average molecular weight is 386 g/mol. The largest absolute Gasteiger partial charge is 0.399 e. The predicted molar refractivity (Wildman–Crippen MR) is 88.1 cm³/mol. The van der Waals surface area contributed by atoms with E-state index in [-0.39, 0.29) is 30.7 Å². The van der Waals surface area contributed by atoms with E-state index in [0.717, 1.165) is 0 Å². The second kappa shape index (κ2) is 6.10. The molecule has 3 N–H and O–H groups in total. The smallest absolute Gasteiger partial charge is 0.263 e. The highest BCUT2D eigenvalue weighted by molar-refractivity contribution is 7.92. The molecule has 0 amide bonds. The van der Waals surface area contributed by atoms with Gasteiger partial charge < -0.3 is 5.73 Å². The van der Waals surface area contributed by atoms with Crippen molar-refractivity contribution in [2.24, 2.45) is 0 Å². The van der Waals surface area contributed by atoms with E-state index in [1.54, 1.807) is 0 Å². The number of halogens is 4. The molecule has 0 unspecified atom stereocenters. The third-order valence-corrected chi connectivity index (χ3v) is 5.38. The molecule has 0 spiro atoms. The number of rotatable bonds is 3. The predicted octanol–water partition coefficient (Wildman–Crippen LogP) is 4.68. The Morgan fingerprint density at radius 2 is 1.48 bits per heavy atom. The van der Waals surface area contributed by atoms with Crippen LogP contribution in [0.4, 0.5) is 11.4 Å². The molecule has 0 aliphatic rings. The molecule has 112 valence electrons. The van der Waals surface area contributed by atoms with E-state index >= 15 is 0 Å². The zero-order valence-corrected chi connectivity index (χ0v) is 14.0. The van der Waals surface area contributed by atoms with Crippen LogP contribution in [0.15, 0.2) is 35.2 Å². The van der Waals surface area contributed by atoms with Gasteiger partial charge in [-0.05, 0) is 30.3 Å². The molecule has 9 heteroatoms. The summed E-state index contributed by atoms with van der Waals surface area (Å²) < 4.78 is 26.9. The normalized spacial score (nSPS) is 11.4. The van der Waals surface area contributed by atoms with E-state index in [1.807, 2.05) is 0 Å². The van der Waals surface area contributed by atoms with E-state index in [0.29, 0.717) is 5.69 Å². The SMILES string of the molecule is Nc1ccc(S(=O)(=O)Nc2cc(Cl)c(Cl)cc2Cl)c(Cl)c1. The molecular weight excluding hydrogens is 378 g/mol. The first kappa shape index (κ1) is 16.5. The number of anilines is 2. The van der Waals surface area contributed by atoms with Gasteiger partial charge in [-0.15, -0.1) is 0 Å². The number of benzene rings is 2. The summed E-state index contributed by atoms with van der Waals surface area (Å²) in [5, 5.41) is 0.496. The van der Waals surface area contributed by atoms with Crippen molar-refractivity contribution in [3.05, 3.63) is 50.4 Å². The van der Waals surface area contributed by atoms with Crippen molar-refractivity contribution < 1.29 is 8.42 Å². The zero-order valence-electron chi connectivity index (χ0n) is 10.2. The Hall–Kier alpha value is -0.850. The lowest BCUT2D eigenvalue weighted by Crippen LogP contribution is -2.14. The summed E-state index contributed by atoms with van der Waals surface area (Å²) in [5.74, 6) is 0. The number of nitrogen functional groups attached to an aromatic ring is 1. The van der Waals surface area contributed by atoms with Crippen LogP contribution in [0.2, 0.25) is 20.1 Å². The van der Waals surface area contributed by atoms with Crippen LogP contribution in [0.5, 0.6) is 0 Å². The lowest BCUT2D eigenvalue weighted by atomic mass is 10.3. The van der Waals surface area contributed by atoms with Crippen molar-refractivity contribution in [2.75, 3.05) is 10.5 Å². The summed E-state index contributed by atoms with van der Waals surface area (Å²) in [6, 6.07) is 6.72. The second-order valence-electron chi connectivity index (χ2n) is 4.04. The number of hydrogen-bond donors (Lipinski definition) is 2. The Morgan fingerprint density at radius 3 is 2.10 bits per heavy atom. The molecule has 0 fully saturated rings. The fourth-order valence-corrected chi connectivity index (χ4v) is 3.81. The van der Waals surface area contributed by atoms with E-state index < -0.39 is 10.0 Å². The van der Waals surface area contributed by atoms with Gasteiger partial charge >= 0.3 is 0 Å². The second-order valence-corrected chi connectivity index (χ2v) is 7.32. The highest BCUT2D eigenvalue weighted by Crippen LogP contribution is 2.34.